The van der Waals surface area contributed by atoms with Gasteiger partial charge in [0.15, 0.2) is 0 Å². The lowest BCUT2D eigenvalue weighted by atomic mass is 10.2. The first-order valence-corrected chi connectivity index (χ1v) is 6.47. The molecule has 0 saturated carbocycles. The number of carboxylic acids is 1. The zero-order valence-electron chi connectivity index (χ0n) is 11.8. The highest BCUT2D eigenvalue weighted by molar-refractivity contribution is 5.66. The van der Waals surface area contributed by atoms with Gasteiger partial charge in [-0.3, -0.25) is 9.69 Å². The molecule has 0 unspecified atom stereocenters. The molecule has 0 aliphatic heterocycles. The quantitative estimate of drug-likeness (QED) is 0.781. The van der Waals surface area contributed by atoms with Crippen LogP contribution in [0.1, 0.15) is 32.3 Å². The van der Waals surface area contributed by atoms with Gasteiger partial charge in [0, 0.05) is 31.3 Å². The van der Waals surface area contributed by atoms with Gasteiger partial charge in [-0.15, -0.1) is 0 Å². The molecule has 0 atom stereocenters. The van der Waals surface area contributed by atoms with Gasteiger partial charge in [-0.2, -0.15) is 0 Å². The predicted octanol–water partition coefficient (Wildman–Crippen LogP) is 2.17. The summed E-state index contributed by atoms with van der Waals surface area (Å²) in [5, 5.41) is 8.67. The molecule has 0 amide bonds. The zero-order chi connectivity index (χ0) is 14.3. The maximum absolute atomic E-state index is 10.5. The monoisotopic (exact) mass is 266 g/mol. The maximum atomic E-state index is 10.5. The molecule has 0 aliphatic rings. The Bertz CT molecular complexity index is 390. The first-order chi connectivity index (χ1) is 9.02. The highest BCUT2D eigenvalue weighted by atomic mass is 16.5. The number of aliphatic carboxylic acids is 1. The molecule has 1 heterocycles. The van der Waals surface area contributed by atoms with Crippen LogP contribution in [0.15, 0.2) is 18.3 Å². The van der Waals surface area contributed by atoms with E-state index in [4.69, 9.17) is 9.84 Å². The second-order valence-corrected chi connectivity index (χ2v) is 4.77. The van der Waals surface area contributed by atoms with Crippen molar-refractivity contribution >= 4 is 5.97 Å². The third-order valence-corrected chi connectivity index (χ3v) is 2.96. The van der Waals surface area contributed by atoms with Crippen LogP contribution in [0.5, 0.6) is 5.88 Å². The van der Waals surface area contributed by atoms with E-state index in [1.807, 2.05) is 12.1 Å². The number of carbonyl (C=O) groups is 1. The smallest absolute Gasteiger partial charge is 0.303 e. The maximum Gasteiger partial charge on any atom is 0.303 e. The second-order valence-electron chi connectivity index (χ2n) is 4.77. The van der Waals surface area contributed by atoms with Gasteiger partial charge in [0.05, 0.1) is 7.11 Å². The summed E-state index contributed by atoms with van der Waals surface area (Å²) >= 11 is 0. The predicted molar refractivity (Wildman–Crippen MR) is 73.2 cm³/mol. The van der Waals surface area contributed by atoms with E-state index in [-0.39, 0.29) is 6.42 Å². The molecular formula is C14H22N2O3. The van der Waals surface area contributed by atoms with Gasteiger partial charge in [-0.1, -0.05) is 6.07 Å². The molecule has 1 N–H and O–H groups in total. The second kappa shape index (κ2) is 7.74. The SMILES string of the molecule is COc1ccc(CN(CCCC(=O)O)C(C)C)cn1. The number of hydrogen-bond acceptors (Lipinski definition) is 4. The van der Waals surface area contributed by atoms with Crippen LogP contribution < -0.4 is 4.74 Å². The van der Waals surface area contributed by atoms with E-state index >= 15 is 0 Å². The highest BCUT2D eigenvalue weighted by Gasteiger charge is 2.11. The summed E-state index contributed by atoms with van der Waals surface area (Å²) in [6, 6.07) is 4.19. The van der Waals surface area contributed by atoms with Crippen LogP contribution >= 0.6 is 0 Å². The van der Waals surface area contributed by atoms with Crippen LogP contribution in [0, 0.1) is 0 Å². The van der Waals surface area contributed by atoms with Crippen molar-refractivity contribution < 1.29 is 14.6 Å². The van der Waals surface area contributed by atoms with Crippen LogP contribution in [0.25, 0.3) is 0 Å². The number of ether oxygens (including phenoxy) is 1. The lowest BCUT2D eigenvalue weighted by molar-refractivity contribution is -0.137. The van der Waals surface area contributed by atoms with Crippen LogP contribution in [0.3, 0.4) is 0 Å². The van der Waals surface area contributed by atoms with Gasteiger partial charge in [-0.05, 0) is 32.4 Å². The van der Waals surface area contributed by atoms with Gasteiger partial charge in [-0.25, -0.2) is 4.98 Å². The third-order valence-electron chi connectivity index (χ3n) is 2.96. The zero-order valence-corrected chi connectivity index (χ0v) is 11.8. The number of aromatic nitrogens is 1. The van der Waals surface area contributed by atoms with Gasteiger partial charge < -0.3 is 9.84 Å². The van der Waals surface area contributed by atoms with Crippen LogP contribution in [-0.4, -0.2) is 40.7 Å². The fourth-order valence-corrected chi connectivity index (χ4v) is 1.81. The standard InChI is InChI=1S/C14H22N2O3/c1-11(2)16(8-4-5-14(17)18)10-12-6-7-13(19-3)15-9-12/h6-7,9,11H,4-5,8,10H2,1-3H3,(H,17,18). The van der Waals surface area contributed by atoms with Crippen LogP contribution in [0.4, 0.5) is 0 Å². The van der Waals surface area contributed by atoms with Gasteiger partial charge in [0.25, 0.3) is 0 Å². The van der Waals surface area contributed by atoms with Crippen molar-refractivity contribution in [2.45, 2.75) is 39.3 Å². The molecular weight excluding hydrogens is 244 g/mol. The van der Waals surface area contributed by atoms with E-state index in [1.54, 1.807) is 13.3 Å². The Morgan fingerprint density at radius 2 is 2.21 bits per heavy atom. The fraction of sp³-hybridized carbons (Fsp3) is 0.571. The first-order valence-electron chi connectivity index (χ1n) is 6.47. The number of carboxylic acid groups (broad SMARTS) is 1. The summed E-state index contributed by atoms with van der Waals surface area (Å²) in [6.45, 7) is 5.76. The van der Waals surface area contributed by atoms with Gasteiger partial charge >= 0.3 is 5.97 Å². The van der Waals surface area contributed by atoms with E-state index < -0.39 is 5.97 Å². The van der Waals surface area contributed by atoms with Crippen molar-refractivity contribution in [1.82, 2.24) is 9.88 Å². The summed E-state index contributed by atoms with van der Waals surface area (Å²) in [4.78, 5) is 17.0. The molecule has 0 radical (unpaired) electrons. The summed E-state index contributed by atoms with van der Waals surface area (Å²) < 4.78 is 5.02. The molecule has 0 aromatic carbocycles. The Balaban J connectivity index is 2.54. The topological polar surface area (TPSA) is 62.7 Å². The van der Waals surface area contributed by atoms with E-state index in [2.05, 4.69) is 23.7 Å². The van der Waals surface area contributed by atoms with Crippen molar-refractivity contribution in [3.63, 3.8) is 0 Å². The van der Waals surface area contributed by atoms with Crippen molar-refractivity contribution in [3.05, 3.63) is 23.9 Å². The molecule has 1 rings (SSSR count). The minimum absolute atomic E-state index is 0.212. The van der Waals surface area contributed by atoms with Crippen molar-refractivity contribution in [2.75, 3.05) is 13.7 Å². The number of hydrogen-bond donors (Lipinski definition) is 1. The summed E-state index contributed by atoms with van der Waals surface area (Å²) in [5.41, 5.74) is 1.10. The van der Waals surface area contributed by atoms with Crippen molar-refractivity contribution in [3.8, 4) is 5.88 Å². The molecule has 0 spiro atoms. The average molecular weight is 266 g/mol. The third kappa shape index (κ3) is 5.70. The minimum Gasteiger partial charge on any atom is -0.481 e. The number of methoxy groups -OCH3 is 1. The summed E-state index contributed by atoms with van der Waals surface area (Å²) in [6.07, 6.45) is 2.67. The Labute approximate surface area is 114 Å². The van der Waals surface area contributed by atoms with Gasteiger partial charge in [0.1, 0.15) is 0 Å². The molecule has 19 heavy (non-hydrogen) atoms. The minimum atomic E-state index is -0.741. The van der Waals surface area contributed by atoms with Crippen molar-refractivity contribution in [2.24, 2.45) is 0 Å². The van der Waals surface area contributed by atoms with Crippen molar-refractivity contribution in [1.29, 1.82) is 0 Å². The molecule has 0 saturated heterocycles. The molecule has 5 heteroatoms. The number of rotatable bonds is 8. The largest absolute Gasteiger partial charge is 0.481 e. The summed E-state index contributed by atoms with van der Waals surface area (Å²) in [7, 11) is 1.59. The normalized spacial score (nSPS) is 11.0. The van der Waals surface area contributed by atoms with Gasteiger partial charge in [0.2, 0.25) is 5.88 Å². The molecule has 1 aromatic heterocycles. The highest BCUT2D eigenvalue weighted by Crippen LogP contribution is 2.12. The summed E-state index contributed by atoms with van der Waals surface area (Å²) in [5.74, 6) is -0.138. The Kier molecular flexibility index (Phi) is 6.29. The molecule has 0 aliphatic carbocycles. The lowest BCUT2D eigenvalue weighted by Gasteiger charge is -2.26. The Morgan fingerprint density at radius 3 is 2.68 bits per heavy atom. The number of pyridine rings is 1. The van der Waals surface area contributed by atoms with E-state index in [0.29, 0.717) is 18.3 Å². The Morgan fingerprint density at radius 1 is 1.47 bits per heavy atom. The van der Waals surface area contributed by atoms with E-state index in [9.17, 15) is 4.79 Å². The molecule has 0 fully saturated rings. The van der Waals surface area contributed by atoms with E-state index in [0.717, 1.165) is 18.7 Å². The molecule has 0 bridgehead atoms. The van der Waals surface area contributed by atoms with E-state index in [1.165, 1.54) is 0 Å². The number of nitrogens with zero attached hydrogens (tertiary/aromatic N) is 2. The Hall–Kier alpha value is -1.62. The molecule has 5 nitrogen and oxygen atoms in total. The lowest BCUT2D eigenvalue weighted by Crippen LogP contribution is -2.31. The molecule has 1 aromatic rings. The van der Waals surface area contributed by atoms with Crippen LogP contribution in [0.2, 0.25) is 0 Å². The fourth-order valence-electron chi connectivity index (χ4n) is 1.81. The average Bonchev–Trinajstić information content (AvgIpc) is 2.37. The van der Waals surface area contributed by atoms with Crippen LogP contribution in [-0.2, 0) is 11.3 Å². The first kappa shape index (κ1) is 15.4. The molecule has 106 valence electrons.